The van der Waals surface area contributed by atoms with E-state index in [0.717, 1.165) is 24.5 Å². The van der Waals surface area contributed by atoms with Crippen molar-refractivity contribution in [3.8, 4) is 5.88 Å². The van der Waals surface area contributed by atoms with Gasteiger partial charge >= 0.3 is 0 Å². The quantitative estimate of drug-likeness (QED) is 0.747. The number of carbonyl (C=O) groups is 1. The monoisotopic (exact) mass is 370 g/mol. The smallest absolute Gasteiger partial charge is 0.224 e. The predicted octanol–water partition coefficient (Wildman–Crippen LogP) is 1.67. The Bertz CT molecular complexity index is 758. The number of hydrogen-bond acceptors (Lipinski definition) is 6. The normalized spacial score (nSPS) is 14.1. The van der Waals surface area contributed by atoms with Crippen LogP contribution in [0.3, 0.4) is 0 Å². The molecule has 1 aromatic carbocycles. The molecule has 0 aliphatic carbocycles. The molecule has 3 rings (SSSR count). The number of nitrogens with one attached hydrogen (secondary N) is 1. The van der Waals surface area contributed by atoms with Crippen molar-refractivity contribution < 1.29 is 14.3 Å². The molecular weight excluding hydrogens is 344 g/mol. The Morgan fingerprint density at radius 2 is 1.93 bits per heavy atom. The molecule has 1 saturated heterocycles. The maximum Gasteiger partial charge on any atom is 0.224 e. The summed E-state index contributed by atoms with van der Waals surface area (Å²) >= 11 is 0. The molecule has 1 amide bonds. The van der Waals surface area contributed by atoms with Gasteiger partial charge in [0.1, 0.15) is 18.2 Å². The molecule has 27 heavy (non-hydrogen) atoms. The summed E-state index contributed by atoms with van der Waals surface area (Å²) in [6, 6.07) is 9.81. The van der Waals surface area contributed by atoms with E-state index in [1.807, 2.05) is 44.2 Å². The van der Waals surface area contributed by atoms with Crippen LogP contribution in [0.15, 0.2) is 30.3 Å². The van der Waals surface area contributed by atoms with Gasteiger partial charge in [-0.1, -0.05) is 29.8 Å². The number of benzene rings is 1. The molecule has 7 heteroatoms. The number of nitrogens with zero attached hydrogens (tertiary/aromatic N) is 3. The number of hydrogen-bond donors (Lipinski definition) is 1. The van der Waals surface area contributed by atoms with E-state index in [1.165, 1.54) is 5.56 Å². The summed E-state index contributed by atoms with van der Waals surface area (Å²) in [6.45, 7) is 7.69. The number of amides is 1. The number of carbonyl (C=O) groups excluding carboxylic acids is 1. The first kappa shape index (κ1) is 19.1. The maximum atomic E-state index is 12.0. The van der Waals surface area contributed by atoms with Gasteiger partial charge in [0.05, 0.1) is 26.2 Å². The molecule has 144 valence electrons. The molecule has 0 spiro atoms. The third-order valence-electron chi connectivity index (χ3n) is 4.30. The zero-order chi connectivity index (χ0) is 19.1. The van der Waals surface area contributed by atoms with Crippen molar-refractivity contribution in [3.63, 3.8) is 0 Å². The van der Waals surface area contributed by atoms with Crippen LogP contribution in [0.1, 0.15) is 17.0 Å². The third-order valence-corrected chi connectivity index (χ3v) is 4.30. The van der Waals surface area contributed by atoms with E-state index < -0.39 is 0 Å². The minimum atomic E-state index is -0.0182. The highest BCUT2D eigenvalue weighted by Gasteiger charge is 2.14. The van der Waals surface area contributed by atoms with Crippen LogP contribution >= 0.6 is 0 Å². The molecule has 0 atom stereocenters. The zero-order valence-corrected chi connectivity index (χ0v) is 15.9. The molecule has 1 N–H and O–H groups in total. The van der Waals surface area contributed by atoms with E-state index >= 15 is 0 Å². The van der Waals surface area contributed by atoms with Crippen molar-refractivity contribution in [1.29, 1.82) is 0 Å². The summed E-state index contributed by atoms with van der Waals surface area (Å²) in [6.07, 6.45) is 0.369. The molecule has 2 aromatic rings. The second-order valence-electron chi connectivity index (χ2n) is 6.57. The summed E-state index contributed by atoms with van der Waals surface area (Å²) in [5.74, 6) is 2.02. The van der Waals surface area contributed by atoms with Crippen LogP contribution < -0.4 is 15.0 Å². The second-order valence-corrected chi connectivity index (χ2v) is 6.57. The fourth-order valence-electron chi connectivity index (χ4n) is 2.85. The van der Waals surface area contributed by atoms with Gasteiger partial charge in [-0.2, -0.15) is 4.98 Å². The van der Waals surface area contributed by atoms with Crippen LogP contribution in [0, 0.1) is 13.8 Å². The van der Waals surface area contributed by atoms with E-state index in [2.05, 4.69) is 20.2 Å². The molecule has 1 aliphatic rings. The minimum Gasteiger partial charge on any atom is -0.476 e. The molecule has 0 unspecified atom stereocenters. The average Bonchev–Trinajstić information content (AvgIpc) is 2.67. The standard InChI is InChI=1S/C20H26N4O3/c1-15-3-5-17(6-4-15)13-19(25)21-7-10-27-20-14-18(22-16(2)23-20)24-8-11-26-12-9-24/h3-6,14H,7-13H2,1-2H3,(H,21,25). The van der Waals surface area contributed by atoms with Gasteiger partial charge in [-0.25, -0.2) is 4.98 Å². The van der Waals surface area contributed by atoms with Gasteiger partial charge in [-0.3, -0.25) is 4.79 Å². The van der Waals surface area contributed by atoms with Crippen molar-refractivity contribution in [1.82, 2.24) is 15.3 Å². The first-order chi connectivity index (χ1) is 13.1. The van der Waals surface area contributed by atoms with E-state index in [-0.39, 0.29) is 5.91 Å². The molecule has 1 aromatic heterocycles. The summed E-state index contributed by atoms with van der Waals surface area (Å²) in [5.41, 5.74) is 2.18. The van der Waals surface area contributed by atoms with Crippen molar-refractivity contribution in [3.05, 3.63) is 47.3 Å². The fourth-order valence-corrected chi connectivity index (χ4v) is 2.85. The number of anilines is 1. The first-order valence-corrected chi connectivity index (χ1v) is 9.23. The lowest BCUT2D eigenvalue weighted by Gasteiger charge is -2.28. The van der Waals surface area contributed by atoms with Gasteiger partial charge in [-0.15, -0.1) is 0 Å². The molecule has 2 heterocycles. The lowest BCUT2D eigenvalue weighted by atomic mass is 10.1. The lowest BCUT2D eigenvalue weighted by Crippen LogP contribution is -2.37. The summed E-state index contributed by atoms with van der Waals surface area (Å²) < 4.78 is 11.1. The van der Waals surface area contributed by atoms with Crippen LogP contribution in [-0.4, -0.2) is 55.3 Å². The Kier molecular flexibility index (Phi) is 6.59. The molecule has 0 radical (unpaired) electrons. The Morgan fingerprint density at radius 1 is 1.19 bits per heavy atom. The highest BCUT2D eigenvalue weighted by atomic mass is 16.5. The molecule has 0 saturated carbocycles. The average molecular weight is 370 g/mol. The lowest BCUT2D eigenvalue weighted by molar-refractivity contribution is -0.120. The van der Waals surface area contributed by atoms with E-state index in [0.29, 0.717) is 44.5 Å². The van der Waals surface area contributed by atoms with Gasteiger partial charge in [0.25, 0.3) is 0 Å². The molecule has 1 aliphatic heterocycles. The van der Waals surface area contributed by atoms with Crippen LogP contribution in [-0.2, 0) is 16.0 Å². The fraction of sp³-hybridized carbons (Fsp3) is 0.450. The van der Waals surface area contributed by atoms with Crippen LogP contribution in [0.2, 0.25) is 0 Å². The Morgan fingerprint density at radius 3 is 2.67 bits per heavy atom. The number of morpholine rings is 1. The SMILES string of the molecule is Cc1ccc(CC(=O)NCCOc2cc(N3CCOCC3)nc(C)n2)cc1. The summed E-state index contributed by atoms with van der Waals surface area (Å²) in [7, 11) is 0. The predicted molar refractivity (Wildman–Crippen MR) is 103 cm³/mol. The van der Waals surface area contributed by atoms with Gasteiger partial charge < -0.3 is 19.7 Å². The topological polar surface area (TPSA) is 76.6 Å². The zero-order valence-electron chi connectivity index (χ0n) is 15.9. The van der Waals surface area contributed by atoms with E-state index in [1.54, 1.807) is 0 Å². The first-order valence-electron chi connectivity index (χ1n) is 9.23. The molecule has 0 bridgehead atoms. The van der Waals surface area contributed by atoms with Gasteiger partial charge in [0.15, 0.2) is 0 Å². The van der Waals surface area contributed by atoms with Gasteiger partial charge in [0, 0.05) is 19.2 Å². The second kappa shape index (κ2) is 9.32. The van der Waals surface area contributed by atoms with Crippen LogP contribution in [0.4, 0.5) is 5.82 Å². The van der Waals surface area contributed by atoms with Crippen LogP contribution in [0.5, 0.6) is 5.88 Å². The highest BCUT2D eigenvalue weighted by Crippen LogP contribution is 2.18. The number of rotatable bonds is 7. The largest absolute Gasteiger partial charge is 0.476 e. The molecule has 1 fully saturated rings. The van der Waals surface area contributed by atoms with Crippen molar-refractivity contribution in [2.45, 2.75) is 20.3 Å². The Balaban J connectivity index is 1.45. The summed E-state index contributed by atoms with van der Waals surface area (Å²) in [5, 5.41) is 2.87. The Labute approximate surface area is 159 Å². The van der Waals surface area contributed by atoms with Crippen molar-refractivity contribution in [2.75, 3.05) is 44.4 Å². The third kappa shape index (κ3) is 5.92. The maximum absolute atomic E-state index is 12.0. The molecular formula is C20H26N4O3. The van der Waals surface area contributed by atoms with Crippen molar-refractivity contribution >= 4 is 11.7 Å². The van der Waals surface area contributed by atoms with Gasteiger partial charge in [0.2, 0.25) is 11.8 Å². The van der Waals surface area contributed by atoms with E-state index in [9.17, 15) is 4.79 Å². The Hall–Kier alpha value is -2.67. The van der Waals surface area contributed by atoms with E-state index in [4.69, 9.17) is 9.47 Å². The van der Waals surface area contributed by atoms with Crippen LogP contribution in [0.25, 0.3) is 0 Å². The number of ether oxygens (including phenoxy) is 2. The van der Waals surface area contributed by atoms with Gasteiger partial charge in [-0.05, 0) is 19.4 Å². The highest BCUT2D eigenvalue weighted by molar-refractivity contribution is 5.78. The number of aryl methyl sites for hydroxylation is 2. The molecule has 7 nitrogen and oxygen atoms in total. The minimum absolute atomic E-state index is 0.0182. The van der Waals surface area contributed by atoms with Crippen molar-refractivity contribution in [2.24, 2.45) is 0 Å². The number of aromatic nitrogens is 2. The summed E-state index contributed by atoms with van der Waals surface area (Å²) in [4.78, 5) is 23.0.